The van der Waals surface area contributed by atoms with E-state index in [9.17, 15) is 9.59 Å². The fourth-order valence-electron chi connectivity index (χ4n) is 3.71. The van der Waals surface area contributed by atoms with Gasteiger partial charge in [-0.15, -0.1) is 0 Å². The van der Waals surface area contributed by atoms with E-state index >= 15 is 0 Å². The van der Waals surface area contributed by atoms with Gasteiger partial charge in [0.2, 0.25) is 0 Å². The molecule has 0 aliphatic carbocycles. The third kappa shape index (κ3) is 4.53. The standard InChI is InChI=1S/C21H27N7O3/c1-14-16(11-22-26(14)2)24-21(30)19-17(12-23-27(19)3)25-20(29)18-8-7-15(31-18)13-28-9-5-4-6-10-28/h7-8,11-12H,4-6,9-10,13H2,1-3H3,(H,24,30)(H,25,29). The van der Waals surface area contributed by atoms with Gasteiger partial charge in [-0.2, -0.15) is 10.2 Å². The molecular formula is C21H27N7O3. The molecule has 0 radical (unpaired) electrons. The molecule has 0 unspecified atom stereocenters. The maximum absolute atomic E-state index is 12.8. The van der Waals surface area contributed by atoms with E-state index in [1.165, 1.54) is 30.1 Å². The maximum Gasteiger partial charge on any atom is 0.291 e. The van der Waals surface area contributed by atoms with Crippen molar-refractivity contribution in [3.8, 4) is 0 Å². The van der Waals surface area contributed by atoms with Crippen LogP contribution in [0.25, 0.3) is 0 Å². The molecule has 4 heterocycles. The van der Waals surface area contributed by atoms with Crippen molar-refractivity contribution in [2.24, 2.45) is 14.1 Å². The van der Waals surface area contributed by atoms with Crippen molar-refractivity contribution in [3.05, 3.63) is 47.4 Å². The number of anilines is 2. The van der Waals surface area contributed by atoms with Crippen LogP contribution in [0.15, 0.2) is 28.9 Å². The van der Waals surface area contributed by atoms with Crippen LogP contribution in [0.4, 0.5) is 11.4 Å². The van der Waals surface area contributed by atoms with Crippen molar-refractivity contribution >= 4 is 23.2 Å². The SMILES string of the molecule is Cc1c(NC(=O)c2c(NC(=O)c3ccc(CN4CCCCC4)o3)cnn2C)cnn1C. The van der Waals surface area contributed by atoms with Gasteiger partial charge in [0.25, 0.3) is 11.8 Å². The number of piperidine rings is 1. The second-order valence-corrected chi connectivity index (χ2v) is 7.81. The highest BCUT2D eigenvalue weighted by atomic mass is 16.4. The van der Waals surface area contributed by atoms with Gasteiger partial charge in [0.15, 0.2) is 5.76 Å². The number of likely N-dealkylation sites (tertiary alicyclic amines) is 1. The van der Waals surface area contributed by atoms with Gasteiger partial charge < -0.3 is 15.1 Å². The van der Waals surface area contributed by atoms with Crippen LogP contribution in [0.1, 0.15) is 51.8 Å². The highest BCUT2D eigenvalue weighted by Crippen LogP contribution is 2.21. The summed E-state index contributed by atoms with van der Waals surface area (Å²) in [6, 6.07) is 3.48. The van der Waals surface area contributed by atoms with Crippen molar-refractivity contribution in [1.82, 2.24) is 24.5 Å². The number of aromatic nitrogens is 4. The molecule has 10 heteroatoms. The molecule has 2 N–H and O–H groups in total. The number of hydrogen-bond acceptors (Lipinski definition) is 6. The summed E-state index contributed by atoms with van der Waals surface area (Å²) >= 11 is 0. The number of carbonyl (C=O) groups excluding carboxylic acids is 2. The molecule has 1 aliphatic rings. The van der Waals surface area contributed by atoms with Crippen LogP contribution in [0, 0.1) is 6.92 Å². The molecule has 1 saturated heterocycles. The molecule has 2 amide bonds. The first-order valence-corrected chi connectivity index (χ1v) is 10.4. The van der Waals surface area contributed by atoms with Crippen molar-refractivity contribution in [1.29, 1.82) is 0 Å². The summed E-state index contributed by atoms with van der Waals surface area (Å²) in [5.74, 6) is 0.134. The van der Waals surface area contributed by atoms with Gasteiger partial charge in [-0.3, -0.25) is 23.9 Å². The molecule has 3 aromatic heterocycles. The zero-order valence-corrected chi connectivity index (χ0v) is 18.0. The number of aryl methyl sites for hydroxylation is 2. The monoisotopic (exact) mass is 425 g/mol. The second kappa shape index (κ2) is 8.76. The Labute approximate surface area is 180 Å². The zero-order chi connectivity index (χ0) is 22.0. The number of rotatable bonds is 6. The smallest absolute Gasteiger partial charge is 0.291 e. The molecule has 0 aromatic carbocycles. The van der Waals surface area contributed by atoms with Crippen molar-refractivity contribution in [3.63, 3.8) is 0 Å². The minimum Gasteiger partial charge on any atom is -0.455 e. The average molecular weight is 425 g/mol. The lowest BCUT2D eigenvalue weighted by Gasteiger charge is -2.25. The normalized spacial score (nSPS) is 14.5. The first-order valence-electron chi connectivity index (χ1n) is 10.4. The van der Waals surface area contributed by atoms with E-state index in [-0.39, 0.29) is 11.5 Å². The van der Waals surface area contributed by atoms with Gasteiger partial charge in [0, 0.05) is 14.1 Å². The summed E-state index contributed by atoms with van der Waals surface area (Å²) in [6.45, 7) is 4.64. The molecule has 0 atom stereocenters. The number of nitrogens with zero attached hydrogens (tertiary/aromatic N) is 5. The van der Waals surface area contributed by atoms with Gasteiger partial charge in [-0.25, -0.2) is 0 Å². The molecule has 0 bridgehead atoms. The van der Waals surface area contributed by atoms with Crippen LogP contribution in [0.3, 0.4) is 0 Å². The van der Waals surface area contributed by atoms with Crippen LogP contribution in [-0.4, -0.2) is 49.4 Å². The van der Waals surface area contributed by atoms with Crippen molar-refractivity contribution in [2.75, 3.05) is 23.7 Å². The molecule has 3 aromatic rings. The number of carbonyl (C=O) groups is 2. The summed E-state index contributed by atoms with van der Waals surface area (Å²) in [5, 5.41) is 13.8. The van der Waals surface area contributed by atoms with Crippen LogP contribution in [0.5, 0.6) is 0 Å². The van der Waals surface area contributed by atoms with Gasteiger partial charge in [0.05, 0.1) is 36.0 Å². The minimum atomic E-state index is -0.426. The molecule has 4 rings (SSSR count). The van der Waals surface area contributed by atoms with E-state index in [1.807, 2.05) is 13.0 Å². The fraction of sp³-hybridized carbons (Fsp3) is 0.429. The summed E-state index contributed by atoms with van der Waals surface area (Å²) in [7, 11) is 3.44. The van der Waals surface area contributed by atoms with E-state index in [1.54, 1.807) is 31.0 Å². The van der Waals surface area contributed by atoms with E-state index in [4.69, 9.17) is 4.42 Å². The summed E-state index contributed by atoms with van der Waals surface area (Å²) in [5.41, 5.74) is 1.95. The third-order valence-electron chi connectivity index (χ3n) is 5.60. The van der Waals surface area contributed by atoms with Crippen LogP contribution < -0.4 is 10.6 Å². The molecule has 0 spiro atoms. The van der Waals surface area contributed by atoms with E-state index < -0.39 is 11.8 Å². The Morgan fingerprint density at radius 3 is 2.35 bits per heavy atom. The lowest BCUT2D eigenvalue weighted by Crippen LogP contribution is -2.28. The van der Waals surface area contributed by atoms with Crippen molar-refractivity contribution < 1.29 is 14.0 Å². The fourth-order valence-corrected chi connectivity index (χ4v) is 3.71. The molecule has 1 aliphatic heterocycles. The second-order valence-electron chi connectivity index (χ2n) is 7.81. The quantitative estimate of drug-likeness (QED) is 0.628. The third-order valence-corrected chi connectivity index (χ3v) is 5.60. The number of amides is 2. The number of nitrogens with one attached hydrogen (secondary N) is 2. The highest BCUT2D eigenvalue weighted by molar-refractivity contribution is 6.11. The Bertz CT molecular complexity index is 1090. The van der Waals surface area contributed by atoms with Gasteiger partial charge >= 0.3 is 0 Å². The van der Waals surface area contributed by atoms with Crippen LogP contribution in [0.2, 0.25) is 0 Å². The number of furan rings is 1. The van der Waals surface area contributed by atoms with E-state index in [2.05, 4.69) is 25.7 Å². The Morgan fingerprint density at radius 2 is 1.65 bits per heavy atom. The number of hydrogen-bond donors (Lipinski definition) is 2. The molecule has 164 valence electrons. The zero-order valence-electron chi connectivity index (χ0n) is 18.0. The summed E-state index contributed by atoms with van der Waals surface area (Å²) in [4.78, 5) is 27.9. The first-order chi connectivity index (χ1) is 14.9. The lowest BCUT2D eigenvalue weighted by molar-refractivity contribution is 0.0992. The van der Waals surface area contributed by atoms with Gasteiger partial charge in [-0.1, -0.05) is 6.42 Å². The van der Waals surface area contributed by atoms with Crippen LogP contribution in [-0.2, 0) is 20.6 Å². The minimum absolute atomic E-state index is 0.199. The topological polar surface area (TPSA) is 110 Å². The van der Waals surface area contributed by atoms with Gasteiger partial charge in [0.1, 0.15) is 11.5 Å². The molecule has 1 fully saturated rings. The van der Waals surface area contributed by atoms with Crippen molar-refractivity contribution in [2.45, 2.75) is 32.7 Å². The molecule has 31 heavy (non-hydrogen) atoms. The first kappa shape index (κ1) is 20.9. The highest BCUT2D eigenvalue weighted by Gasteiger charge is 2.22. The largest absolute Gasteiger partial charge is 0.455 e. The predicted octanol–water partition coefficient (Wildman–Crippen LogP) is 2.55. The Morgan fingerprint density at radius 1 is 0.968 bits per heavy atom. The maximum atomic E-state index is 12.8. The summed E-state index contributed by atoms with van der Waals surface area (Å²) in [6.07, 6.45) is 6.68. The predicted molar refractivity (Wildman–Crippen MR) is 115 cm³/mol. The Balaban J connectivity index is 1.44. The molecule has 0 saturated carbocycles. The van der Waals surface area contributed by atoms with E-state index in [0.717, 1.165) is 24.5 Å². The van der Waals surface area contributed by atoms with E-state index in [0.29, 0.717) is 17.9 Å². The summed E-state index contributed by atoms with van der Waals surface area (Å²) < 4.78 is 8.83. The Hall–Kier alpha value is -3.40. The van der Waals surface area contributed by atoms with Crippen LogP contribution >= 0.6 is 0 Å². The lowest BCUT2D eigenvalue weighted by atomic mass is 10.1. The Kier molecular flexibility index (Phi) is 5.90. The average Bonchev–Trinajstić information content (AvgIpc) is 3.45. The van der Waals surface area contributed by atoms with Gasteiger partial charge in [-0.05, 0) is 45.0 Å². The molecular weight excluding hydrogens is 398 g/mol. The molecule has 10 nitrogen and oxygen atoms in total.